The maximum absolute atomic E-state index is 9.20. The molecule has 0 atom stereocenters. The monoisotopic (exact) mass is 501 g/mol. The van der Waals surface area contributed by atoms with Crippen molar-refractivity contribution in [2.45, 2.75) is 0 Å². The maximum Gasteiger partial charge on any atom is 0.0645 e. The number of rotatable bonds is 3. The number of para-hydroxylation sites is 3. The molecule has 0 spiro atoms. The zero-order chi connectivity index (χ0) is 39.8. The third-order valence-corrected chi connectivity index (χ3v) is 6.53. The lowest BCUT2D eigenvalue weighted by Gasteiger charge is -2.12. The summed E-state index contributed by atoms with van der Waals surface area (Å²) in [5.74, 6) is 0. The highest BCUT2D eigenvalue weighted by molar-refractivity contribution is 6.12. The SMILES string of the molecule is [2H]c1c([2H])c([2H])c(-c2c([2H])c([2H])c(-n3c4ccccc4c4ccc(-n5c6c([2H])c([2H])c([2H])c([2H])c6c6c([2H])c([2H])c([2H])c([2H])c65)cc43)c([2H])c2[2H])c([2H])c1[2H]. The van der Waals surface area contributed by atoms with Crippen LogP contribution in [0, 0.1) is 0 Å². The number of fused-ring (bicyclic) bond motifs is 6. The first-order chi connectivity index (χ1) is 25.9. The predicted octanol–water partition coefficient (Wildman–Crippen LogP) is 9.55. The molecule has 0 aliphatic carbocycles. The van der Waals surface area contributed by atoms with E-state index in [0.29, 0.717) is 21.8 Å². The molecule has 2 heterocycles. The highest BCUT2D eigenvalue weighted by Gasteiger charge is 2.16. The lowest BCUT2D eigenvalue weighted by Crippen LogP contribution is -1.97. The molecular weight excluding hydrogens is 460 g/mol. The van der Waals surface area contributed by atoms with Crippen LogP contribution >= 0.6 is 0 Å². The summed E-state index contributed by atoms with van der Waals surface area (Å²) in [6.07, 6.45) is 0. The van der Waals surface area contributed by atoms with Crippen molar-refractivity contribution in [2.24, 2.45) is 0 Å². The van der Waals surface area contributed by atoms with E-state index in [2.05, 4.69) is 0 Å². The largest absolute Gasteiger partial charge is 0.309 e. The molecule has 178 valence electrons. The number of hydrogen-bond acceptors (Lipinski definition) is 0. The van der Waals surface area contributed by atoms with Gasteiger partial charge in [-0.2, -0.15) is 0 Å². The zero-order valence-corrected chi connectivity index (χ0v) is 19.4. The molecule has 2 nitrogen and oxygen atoms in total. The first-order valence-corrected chi connectivity index (χ1v) is 11.7. The van der Waals surface area contributed by atoms with Gasteiger partial charge in [-0.3, -0.25) is 0 Å². The van der Waals surface area contributed by atoms with Gasteiger partial charge in [0.05, 0.1) is 45.4 Å². The molecule has 6 aromatic carbocycles. The third-order valence-electron chi connectivity index (χ3n) is 6.53. The van der Waals surface area contributed by atoms with Gasteiger partial charge in [0, 0.05) is 32.9 Å². The van der Waals surface area contributed by atoms with Crippen LogP contribution in [0.5, 0.6) is 0 Å². The van der Waals surface area contributed by atoms with E-state index < -0.39 is 114 Å². The van der Waals surface area contributed by atoms with Gasteiger partial charge in [-0.05, 0) is 53.5 Å². The maximum atomic E-state index is 9.20. The third kappa shape index (κ3) is 3.07. The van der Waals surface area contributed by atoms with Gasteiger partial charge in [0.1, 0.15) is 0 Å². The summed E-state index contributed by atoms with van der Waals surface area (Å²) in [6, 6.07) is 1.48. The molecule has 0 saturated heterocycles. The van der Waals surface area contributed by atoms with Gasteiger partial charge < -0.3 is 9.13 Å². The van der Waals surface area contributed by atoms with Gasteiger partial charge in [0.2, 0.25) is 0 Å². The lowest BCUT2D eigenvalue weighted by molar-refractivity contribution is 1.15. The summed E-state index contributed by atoms with van der Waals surface area (Å²) >= 11 is 0. The topological polar surface area (TPSA) is 9.86 Å². The van der Waals surface area contributed by atoms with Crippen molar-refractivity contribution in [3.8, 4) is 22.5 Å². The second-order valence-corrected chi connectivity index (χ2v) is 8.56. The molecule has 0 aliphatic heterocycles. The van der Waals surface area contributed by atoms with Crippen molar-refractivity contribution in [1.29, 1.82) is 0 Å². The first-order valence-electron chi connectivity index (χ1n) is 20.2. The van der Waals surface area contributed by atoms with E-state index in [-0.39, 0.29) is 33.2 Å². The van der Waals surface area contributed by atoms with Crippen molar-refractivity contribution < 1.29 is 23.3 Å². The molecule has 8 rings (SSSR count). The Balaban J connectivity index is 1.52. The number of benzene rings is 6. The fourth-order valence-electron chi connectivity index (χ4n) is 4.94. The number of hydrogen-bond donors (Lipinski definition) is 0. The van der Waals surface area contributed by atoms with E-state index in [4.69, 9.17) is 20.6 Å². The van der Waals surface area contributed by atoms with E-state index in [1.165, 1.54) is 9.13 Å². The molecule has 0 amide bonds. The highest BCUT2D eigenvalue weighted by atomic mass is 15.0. The van der Waals surface area contributed by atoms with Gasteiger partial charge in [0.15, 0.2) is 0 Å². The summed E-state index contributed by atoms with van der Waals surface area (Å²) in [4.78, 5) is 0. The van der Waals surface area contributed by atoms with E-state index in [0.717, 1.165) is 0 Å². The van der Waals surface area contributed by atoms with Crippen LogP contribution in [-0.4, -0.2) is 9.13 Å². The Hall–Kier alpha value is -5.08. The molecule has 0 fully saturated rings. The highest BCUT2D eigenvalue weighted by Crippen LogP contribution is 2.37. The predicted molar refractivity (Wildman–Crippen MR) is 161 cm³/mol. The molecule has 38 heavy (non-hydrogen) atoms. The van der Waals surface area contributed by atoms with E-state index in [1.807, 2.05) is 0 Å². The molecule has 0 saturated carbocycles. The van der Waals surface area contributed by atoms with Crippen molar-refractivity contribution in [2.75, 3.05) is 0 Å². The van der Waals surface area contributed by atoms with Gasteiger partial charge in [-0.15, -0.1) is 0 Å². The Labute approximate surface area is 244 Å². The average Bonchev–Trinajstić information content (AvgIpc) is 3.70. The summed E-state index contributed by atoms with van der Waals surface area (Å²) in [5, 5.41) is 0.963. The summed E-state index contributed by atoms with van der Waals surface area (Å²) in [5.41, 5.74) is -0.489. The minimum Gasteiger partial charge on any atom is -0.309 e. The Bertz CT molecular complexity index is 2940. The summed E-state index contributed by atoms with van der Waals surface area (Å²) in [6.45, 7) is 0. The average molecular weight is 502 g/mol. The van der Waals surface area contributed by atoms with E-state index in [1.54, 1.807) is 42.5 Å². The molecule has 0 radical (unpaired) electrons. The Morgan fingerprint density at radius 3 is 1.71 bits per heavy atom. The minimum absolute atomic E-state index is 0.109. The van der Waals surface area contributed by atoms with Gasteiger partial charge in [-0.1, -0.05) is 103 Å². The van der Waals surface area contributed by atoms with E-state index in [9.17, 15) is 2.74 Å². The molecular formula is C36H24N2. The summed E-state index contributed by atoms with van der Waals surface area (Å²) in [7, 11) is 0. The molecule has 2 aromatic heterocycles. The molecule has 8 aromatic rings. The van der Waals surface area contributed by atoms with Crippen molar-refractivity contribution >= 4 is 43.6 Å². The van der Waals surface area contributed by atoms with Crippen LogP contribution in [0.1, 0.15) is 23.3 Å². The Morgan fingerprint density at radius 1 is 0.395 bits per heavy atom. The van der Waals surface area contributed by atoms with E-state index >= 15 is 0 Å². The van der Waals surface area contributed by atoms with Crippen LogP contribution in [0.3, 0.4) is 0 Å². The van der Waals surface area contributed by atoms with Gasteiger partial charge >= 0.3 is 0 Å². The molecule has 2 heteroatoms. The molecule has 0 unspecified atom stereocenters. The van der Waals surface area contributed by atoms with Crippen LogP contribution in [-0.2, 0) is 0 Å². The lowest BCUT2D eigenvalue weighted by atomic mass is 10.1. The van der Waals surface area contributed by atoms with Crippen molar-refractivity contribution in [3.05, 3.63) is 145 Å². The second-order valence-electron chi connectivity index (χ2n) is 8.56. The normalized spacial score (nSPS) is 17.9. The Kier molecular flexibility index (Phi) is 2.24. The van der Waals surface area contributed by atoms with Gasteiger partial charge in [-0.25, -0.2) is 0 Å². The number of nitrogens with zero attached hydrogens (tertiary/aromatic N) is 2. The van der Waals surface area contributed by atoms with Gasteiger partial charge in [0.25, 0.3) is 0 Å². The van der Waals surface area contributed by atoms with Crippen LogP contribution in [0.4, 0.5) is 0 Å². The summed E-state index contributed by atoms with van der Waals surface area (Å²) < 4.78 is 149. The van der Waals surface area contributed by atoms with Crippen LogP contribution in [0.2, 0.25) is 0 Å². The number of aromatic nitrogens is 2. The molecule has 0 N–H and O–H groups in total. The van der Waals surface area contributed by atoms with Crippen LogP contribution in [0.25, 0.3) is 66.1 Å². The zero-order valence-electron chi connectivity index (χ0n) is 36.4. The van der Waals surface area contributed by atoms with Crippen molar-refractivity contribution in [1.82, 2.24) is 9.13 Å². The van der Waals surface area contributed by atoms with Crippen LogP contribution < -0.4 is 0 Å². The van der Waals surface area contributed by atoms with Crippen molar-refractivity contribution in [3.63, 3.8) is 0 Å². The minimum atomic E-state index is -0.702. The Morgan fingerprint density at radius 2 is 0.974 bits per heavy atom. The standard InChI is InChI=1S/C36H24N2/c1-2-10-25(11-3-1)26-18-20-27(21-19-26)37-33-15-7-6-14-31(33)32-23-22-28(24-36(32)37)38-34-16-8-4-12-29(34)30-13-5-9-17-35(30)38/h1-24H/i1D,2D,3D,4D,5D,8D,9D,10D,11D,12D,13D,16D,17D,18D,19D,20D,21D. The fourth-order valence-corrected chi connectivity index (χ4v) is 4.94. The quantitative estimate of drug-likeness (QED) is 0.228. The molecule has 0 aliphatic rings. The smallest absolute Gasteiger partial charge is 0.0645 e. The second kappa shape index (κ2) is 8.22. The van der Waals surface area contributed by atoms with Crippen LogP contribution in [0.15, 0.2) is 145 Å². The molecule has 0 bridgehead atoms. The first kappa shape index (κ1) is 10.4. The fraction of sp³-hybridized carbons (Fsp3) is 0.